The van der Waals surface area contributed by atoms with Gasteiger partial charge >= 0.3 is 0 Å². The van der Waals surface area contributed by atoms with Crippen LogP contribution in [-0.4, -0.2) is 26.5 Å². The number of nitrogens with zero attached hydrogens (tertiary/aromatic N) is 3. The van der Waals surface area contributed by atoms with Crippen molar-refractivity contribution in [2.45, 2.75) is 6.42 Å². The van der Waals surface area contributed by atoms with Gasteiger partial charge in [0.1, 0.15) is 0 Å². The quantitative estimate of drug-likeness (QED) is 0.755. The number of benzene rings is 1. The summed E-state index contributed by atoms with van der Waals surface area (Å²) in [5, 5.41) is 16.3. The van der Waals surface area contributed by atoms with E-state index in [-0.39, 0.29) is 11.7 Å². The first kappa shape index (κ1) is 13.5. The molecule has 2 aromatic heterocycles. The highest BCUT2D eigenvalue weighted by Crippen LogP contribution is 2.17. The van der Waals surface area contributed by atoms with Crippen LogP contribution in [0.25, 0.3) is 0 Å². The number of rotatable bonds is 4. The lowest BCUT2D eigenvalue weighted by atomic mass is 10.1. The third-order valence-electron chi connectivity index (χ3n) is 2.74. The molecule has 21 heavy (non-hydrogen) atoms. The molecular weight excluding hydrogens is 338 g/mol. The van der Waals surface area contributed by atoms with E-state index in [9.17, 15) is 4.79 Å². The monoisotopic (exact) mass is 347 g/mol. The number of hydrogen-bond donors (Lipinski definition) is 2. The number of anilines is 1. The van der Waals surface area contributed by atoms with E-state index in [1.54, 1.807) is 18.2 Å². The molecule has 3 rings (SSSR count). The molecule has 7 nitrogen and oxygen atoms in total. The smallest absolute Gasteiger partial charge is 0.291 e. The van der Waals surface area contributed by atoms with Gasteiger partial charge in [-0.1, -0.05) is 12.1 Å². The highest BCUT2D eigenvalue weighted by Gasteiger charge is 2.11. The number of nitrogens with one attached hydrogen (secondary N) is 2. The van der Waals surface area contributed by atoms with E-state index >= 15 is 0 Å². The molecule has 1 aromatic carbocycles. The van der Waals surface area contributed by atoms with E-state index in [2.05, 4.69) is 41.9 Å². The predicted octanol–water partition coefficient (Wildman–Crippen LogP) is 2.40. The zero-order valence-corrected chi connectivity index (χ0v) is 12.3. The van der Waals surface area contributed by atoms with Crippen molar-refractivity contribution in [1.82, 2.24) is 20.6 Å². The molecule has 0 aliphatic heterocycles. The van der Waals surface area contributed by atoms with Crippen LogP contribution in [0.15, 0.2) is 45.5 Å². The summed E-state index contributed by atoms with van der Waals surface area (Å²) in [6.07, 6.45) is 0.559. The maximum Gasteiger partial charge on any atom is 0.291 e. The van der Waals surface area contributed by atoms with Crippen molar-refractivity contribution < 1.29 is 9.21 Å². The molecule has 1 amide bonds. The van der Waals surface area contributed by atoms with Gasteiger partial charge in [-0.15, -0.1) is 5.10 Å². The molecule has 0 saturated carbocycles. The van der Waals surface area contributed by atoms with Crippen LogP contribution in [0, 0.1) is 0 Å². The summed E-state index contributed by atoms with van der Waals surface area (Å²) < 4.78 is 5.72. The van der Waals surface area contributed by atoms with Crippen molar-refractivity contribution in [3.63, 3.8) is 0 Å². The fourth-order valence-corrected chi connectivity index (χ4v) is 2.14. The van der Waals surface area contributed by atoms with Crippen molar-refractivity contribution in [3.8, 4) is 0 Å². The van der Waals surface area contributed by atoms with E-state index in [0.717, 1.165) is 5.56 Å². The number of tetrazole rings is 1. The van der Waals surface area contributed by atoms with Gasteiger partial charge in [-0.3, -0.25) is 4.79 Å². The van der Waals surface area contributed by atoms with E-state index in [1.165, 1.54) is 0 Å². The third kappa shape index (κ3) is 3.34. The Morgan fingerprint density at radius 2 is 2.24 bits per heavy atom. The SMILES string of the molecule is O=C(Nc1cccc(Cc2nnn[nH]2)c1)c1ccc(Br)o1. The summed E-state index contributed by atoms with van der Waals surface area (Å²) in [4.78, 5) is 12.0. The van der Waals surface area contributed by atoms with Crippen molar-refractivity contribution in [2.24, 2.45) is 0 Å². The topological polar surface area (TPSA) is 96.7 Å². The molecule has 106 valence electrons. The number of H-pyrrole nitrogens is 1. The minimum absolute atomic E-state index is 0.242. The maximum atomic E-state index is 12.0. The lowest BCUT2D eigenvalue weighted by Crippen LogP contribution is -2.11. The Kier molecular flexibility index (Phi) is 3.78. The number of amides is 1. The highest BCUT2D eigenvalue weighted by atomic mass is 79.9. The zero-order chi connectivity index (χ0) is 14.7. The van der Waals surface area contributed by atoms with Crippen LogP contribution in [0.2, 0.25) is 0 Å². The zero-order valence-electron chi connectivity index (χ0n) is 10.7. The van der Waals surface area contributed by atoms with Gasteiger partial charge < -0.3 is 9.73 Å². The van der Waals surface area contributed by atoms with Gasteiger partial charge in [0.25, 0.3) is 5.91 Å². The second kappa shape index (κ2) is 5.88. The number of halogens is 1. The van der Waals surface area contributed by atoms with Gasteiger partial charge in [0.2, 0.25) is 0 Å². The second-order valence-corrected chi connectivity index (χ2v) is 5.06. The van der Waals surface area contributed by atoms with Gasteiger partial charge in [-0.25, -0.2) is 5.10 Å². The minimum atomic E-state index is -0.306. The Morgan fingerprint density at radius 1 is 1.33 bits per heavy atom. The van der Waals surface area contributed by atoms with E-state index in [4.69, 9.17) is 4.42 Å². The Labute approximate surface area is 127 Å². The molecule has 0 bridgehead atoms. The predicted molar refractivity (Wildman–Crippen MR) is 77.8 cm³/mol. The number of hydrogen-bond acceptors (Lipinski definition) is 5. The average Bonchev–Trinajstić information content (AvgIpc) is 3.11. The molecule has 0 atom stereocenters. The van der Waals surface area contributed by atoms with Crippen LogP contribution >= 0.6 is 15.9 Å². The Balaban J connectivity index is 1.72. The number of aromatic nitrogens is 4. The highest BCUT2D eigenvalue weighted by molar-refractivity contribution is 9.10. The van der Waals surface area contributed by atoms with Crippen LogP contribution in [0.5, 0.6) is 0 Å². The normalized spacial score (nSPS) is 10.5. The summed E-state index contributed by atoms with van der Waals surface area (Å²) in [7, 11) is 0. The van der Waals surface area contributed by atoms with Crippen LogP contribution in [0.3, 0.4) is 0 Å². The molecule has 0 aliphatic rings. The van der Waals surface area contributed by atoms with Crippen molar-refractivity contribution in [1.29, 1.82) is 0 Å². The van der Waals surface area contributed by atoms with Gasteiger partial charge in [-0.05, 0) is 56.2 Å². The molecule has 2 N–H and O–H groups in total. The van der Waals surface area contributed by atoms with Gasteiger partial charge in [0.05, 0.1) is 0 Å². The molecule has 0 radical (unpaired) electrons. The Morgan fingerprint density at radius 3 is 2.95 bits per heavy atom. The Hall–Kier alpha value is -2.48. The molecule has 3 aromatic rings. The summed E-state index contributed by atoms with van der Waals surface area (Å²) in [5.41, 5.74) is 1.66. The third-order valence-corrected chi connectivity index (χ3v) is 3.17. The molecule has 0 spiro atoms. The fraction of sp³-hybridized carbons (Fsp3) is 0.0769. The summed E-state index contributed by atoms with van der Waals surface area (Å²) in [6.45, 7) is 0. The van der Waals surface area contributed by atoms with E-state index < -0.39 is 0 Å². The molecule has 2 heterocycles. The van der Waals surface area contributed by atoms with Crippen LogP contribution < -0.4 is 5.32 Å². The molecule has 0 saturated heterocycles. The molecular formula is C13H10BrN5O2. The Bertz CT molecular complexity index is 754. The first-order valence-corrected chi connectivity index (χ1v) is 6.88. The van der Waals surface area contributed by atoms with Crippen LogP contribution in [0.1, 0.15) is 21.9 Å². The van der Waals surface area contributed by atoms with Gasteiger partial charge in [-0.2, -0.15) is 0 Å². The number of carbonyl (C=O) groups is 1. The largest absolute Gasteiger partial charge is 0.444 e. The summed E-state index contributed by atoms with van der Waals surface area (Å²) >= 11 is 3.16. The fourth-order valence-electron chi connectivity index (χ4n) is 1.84. The lowest BCUT2D eigenvalue weighted by molar-refractivity contribution is 0.0995. The standard InChI is InChI=1S/C13H10BrN5O2/c14-11-5-4-10(21-11)13(20)15-9-3-1-2-8(6-9)7-12-16-18-19-17-12/h1-6H,7H2,(H,15,20)(H,16,17,18,19). The number of aromatic amines is 1. The first-order chi connectivity index (χ1) is 10.2. The van der Waals surface area contributed by atoms with E-state index in [1.807, 2.05) is 18.2 Å². The van der Waals surface area contributed by atoms with Crippen molar-refractivity contribution in [2.75, 3.05) is 5.32 Å². The number of carbonyl (C=O) groups excluding carboxylic acids is 1. The molecule has 0 fully saturated rings. The summed E-state index contributed by atoms with van der Waals surface area (Å²) in [6, 6.07) is 10.7. The minimum Gasteiger partial charge on any atom is -0.444 e. The lowest BCUT2D eigenvalue weighted by Gasteiger charge is -2.05. The van der Waals surface area contributed by atoms with Gasteiger partial charge in [0, 0.05) is 12.1 Å². The first-order valence-electron chi connectivity index (χ1n) is 6.09. The van der Waals surface area contributed by atoms with Crippen LogP contribution in [-0.2, 0) is 6.42 Å². The molecule has 8 heteroatoms. The van der Waals surface area contributed by atoms with Crippen molar-refractivity contribution in [3.05, 3.63) is 58.2 Å². The number of furan rings is 1. The second-order valence-electron chi connectivity index (χ2n) is 4.28. The summed E-state index contributed by atoms with van der Waals surface area (Å²) in [5.74, 6) is 0.597. The van der Waals surface area contributed by atoms with Gasteiger partial charge in [0.15, 0.2) is 16.3 Å². The van der Waals surface area contributed by atoms with Crippen molar-refractivity contribution >= 4 is 27.5 Å². The maximum absolute atomic E-state index is 12.0. The van der Waals surface area contributed by atoms with E-state index in [0.29, 0.717) is 22.6 Å². The average molecular weight is 348 g/mol. The van der Waals surface area contributed by atoms with Crippen LogP contribution in [0.4, 0.5) is 5.69 Å². The molecule has 0 aliphatic carbocycles. The molecule has 0 unspecified atom stereocenters.